The molecule has 1 aliphatic carbocycles. The molecule has 0 spiro atoms. The minimum Gasteiger partial charge on any atom is -0.309 e. The van der Waals surface area contributed by atoms with Crippen molar-refractivity contribution in [2.24, 2.45) is 0 Å². The number of benzene rings is 10. The molecule has 0 aliphatic heterocycles. The van der Waals surface area contributed by atoms with E-state index < -0.39 is 5.41 Å². The van der Waals surface area contributed by atoms with Gasteiger partial charge in [0.15, 0.2) is 0 Å². The van der Waals surface area contributed by atoms with Crippen LogP contribution in [-0.2, 0) is 5.41 Å². The number of hydrogen-bond acceptors (Lipinski definition) is 1. The number of rotatable bonds is 7. The Balaban J connectivity index is 1.27. The minimum absolute atomic E-state index is 0.519. The molecule has 58 heavy (non-hydrogen) atoms. The Hall–Kier alpha value is -7.48. The maximum atomic E-state index is 2.55. The topological polar surface area (TPSA) is 3.24 Å². The van der Waals surface area contributed by atoms with E-state index >= 15 is 0 Å². The third-order valence-electron chi connectivity index (χ3n) is 12.1. The highest BCUT2D eigenvalue weighted by Gasteiger charge is 2.47. The maximum Gasteiger partial charge on any atom is 0.0714 e. The normalized spacial score (nSPS) is 12.6. The highest BCUT2D eigenvalue weighted by molar-refractivity contribution is 6.23. The molecule has 0 bridgehead atoms. The summed E-state index contributed by atoms with van der Waals surface area (Å²) < 4.78 is 0. The SMILES string of the molecule is c1ccc(-c2ccc(-c3c(N(c4ccccc4)c4cccc5c4-c4ccccc4C5(c4ccccc4)c4ccccc4)c4ccccc4c4ccccc34)cc2)cc1. The zero-order chi connectivity index (χ0) is 38.5. The summed E-state index contributed by atoms with van der Waals surface area (Å²) in [5.74, 6) is 0. The number of fused-ring (bicyclic) bond motifs is 6. The summed E-state index contributed by atoms with van der Waals surface area (Å²) in [6.07, 6.45) is 0. The summed E-state index contributed by atoms with van der Waals surface area (Å²) in [6.45, 7) is 0. The van der Waals surface area contributed by atoms with Crippen LogP contribution in [0.4, 0.5) is 17.1 Å². The molecule has 1 aliphatic rings. The third-order valence-corrected chi connectivity index (χ3v) is 12.1. The molecule has 10 aromatic carbocycles. The van der Waals surface area contributed by atoms with E-state index in [-0.39, 0.29) is 0 Å². The van der Waals surface area contributed by atoms with Crippen LogP contribution in [0.5, 0.6) is 0 Å². The lowest BCUT2D eigenvalue weighted by Crippen LogP contribution is -2.28. The average molecular weight is 738 g/mol. The predicted octanol–water partition coefficient (Wildman–Crippen LogP) is 15.2. The Kier molecular flexibility index (Phi) is 8.12. The zero-order valence-corrected chi connectivity index (χ0v) is 32.0. The molecule has 0 saturated carbocycles. The van der Waals surface area contributed by atoms with Crippen LogP contribution in [0.3, 0.4) is 0 Å². The van der Waals surface area contributed by atoms with Crippen molar-refractivity contribution in [1.29, 1.82) is 0 Å². The van der Waals surface area contributed by atoms with Gasteiger partial charge in [-0.05, 0) is 78.9 Å². The molecular formula is C57H39N. The smallest absolute Gasteiger partial charge is 0.0714 e. The molecule has 0 fully saturated rings. The van der Waals surface area contributed by atoms with Gasteiger partial charge in [-0.15, -0.1) is 0 Å². The monoisotopic (exact) mass is 737 g/mol. The van der Waals surface area contributed by atoms with Crippen molar-refractivity contribution in [1.82, 2.24) is 0 Å². The van der Waals surface area contributed by atoms with Crippen molar-refractivity contribution in [3.63, 3.8) is 0 Å². The van der Waals surface area contributed by atoms with E-state index in [0.717, 1.165) is 17.1 Å². The van der Waals surface area contributed by atoms with Gasteiger partial charge in [-0.1, -0.05) is 218 Å². The Bertz CT molecular complexity index is 3040. The molecule has 1 nitrogen and oxygen atoms in total. The quantitative estimate of drug-likeness (QED) is 0.147. The number of hydrogen-bond donors (Lipinski definition) is 0. The Morgan fingerprint density at radius 2 is 0.759 bits per heavy atom. The second-order valence-corrected chi connectivity index (χ2v) is 15.2. The van der Waals surface area contributed by atoms with E-state index in [1.165, 1.54) is 77.2 Å². The lowest BCUT2D eigenvalue weighted by Gasteiger charge is -2.35. The summed E-state index contributed by atoms with van der Waals surface area (Å²) in [4.78, 5) is 2.55. The lowest BCUT2D eigenvalue weighted by atomic mass is 9.68. The van der Waals surface area contributed by atoms with Crippen LogP contribution in [0, 0.1) is 0 Å². The van der Waals surface area contributed by atoms with Crippen LogP contribution in [0.15, 0.2) is 237 Å². The predicted molar refractivity (Wildman–Crippen MR) is 244 cm³/mol. The molecule has 0 saturated heterocycles. The van der Waals surface area contributed by atoms with Crippen LogP contribution in [0.2, 0.25) is 0 Å². The van der Waals surface area contributed by atoms with Crippen LogP contribution in [0.1, 0.15) is 22.3 Å². The summed E-state index contributed by atoms with van der Waals surface area (Å²) in [6, 6.07) is 86.9. The number of para-hydroxylation sites is 1. The molecular weight excluding hydrogens is 699 g/mol. The second kappa shape index (κ2) is 13.9. The Morgan fingerprint density at radius 1 is 0.293 bits per heavy atom. The average Bonchev–Trinajstić information content (AvgIpc) is 3.62. The van der Waals surface area contributed by atoms with E-state index in [1.807, 2.05) is 0 Å². The van der Waals surface area contributed by atoms with E-state index in [0.29, 0.717) is 0 Å². The van der Waals surface area contributed by atoms with Gasteiger partial charge in [0.25, 0.3) is 0 Å². The van der Waals surface area contributed by atoms with Gasteiger partial charge in [0.05, 0.1) is 16.8 Å². The largest absolute Gasteiger partial charge is 0.309 e. The molecule has 0 N–H and O–H groups in total. The van der Waals surface area contributed by atoms with Crippen LogP contribution < -0.4 is 4.90 Å². The van der Waals surface area contributed by atoms with Crippen molar-refractivity contribution >= 4 is 38.6 Å². The Morgan fingerprint density at radius 3 is 1.41 bits per heavy atom. The minimum atomic E-state index is -0.519. The molecule has 0 radical (unpaired) electrons. The fourth-order valence-electron chi connectivity index (χ4n) is 9.73. The molecule has 11 rings (SSSR count). The standard InChI is InChI=1S/C57H39N/c1-5-20-40(21-6-1)41-36-38-42(39-37-41)54-48-30-15-13-28-46(48)47-29-14-16-31-49(47)56(54)58(45-26-11-4-12-27-45)53-35-19-34-52-55(53)50-32-17-18-33-51(50)57(52,43-22-7-2-8-23-43)44-24-9-3-10-25-44/h1-39H. The van der Waals surface area contributed by atoms with E-state index in [2.05, 4.69) is 241 Å². The van der Waals surface area contributed by atoms with Gasteiger partial charge in [-0.3, -0.25) is 0 Å². The van der Waals surface area contributed by atoms with Gasteiger partial charge in [-0.25, -0.2) is 0 Å². The van der Waals surface area contributed by atoms with Gasteiger partial charge in [0.2, 0.25) is 0 Å². The van der Waals surface area contributed by atoms with Gasteiger partial charge >= 0.3 is 0 Å². The molecule has 10 aromatic rings. The van der Waals surface area contributed by atoms with Crippen molar-refractivity contribution in [3.8, 4) is 33.4 Å². The van der Waals surface area contributed by atoms with Crippen molar-refractivity contribution in [3.05, 3.63) is 259 Å². The zero-order valence-electron chi connectivity index (χ0n) is 32.0. The van der Waals surface area contributed by atoms with Crippen molar-refractivity contribution in [2.75, 3.05) is 4.90 Å². The maximum absolute atomic E-state index is 2.55. The van der Waals surface area contributed by atoms with Gasteiger partial charge in [0, 0.05) is 22.2 Å². The van der Waals surface area contributed by atoms with Crippen molar-refractivity contribution in [2.45, 2.75) is 5.41 Å². The van der Waals surface area contributed by atoms with Gasteiger partial charge in [0.1, 0.15) is 0 Å². The first-order chi connectivity index (χ1) is 28.8. The summed E-state index contributed by atoms with van der Waals surface area (Å²) in [5.41, 5.74) is 15.3. The first-order valence-corrected chi connectivity index (χ1v) is 20.1. The van der Waals surface area contributed by atoms with Gasteiger partial charge < -0.3 is 4.90 Å². The van der Waals surface area contributed by atoms with Crippen LogP contribution >= 0.6 is 0 Å². The number of nitrogens with zero attached hydrogens (tertiary/aromatic N) is 1. The summed E-state index contributed by atoms with van der Waals surface area (Å²) in [5, 5.41) is 4.90. The van der Waals surface area contributed by atoms with E-state index in [4.69, 9.17) is 0 Å². The lowest BCUT2D eigenvalue weighted by molar-refractivity contribution is 0.768. The Labute approximate surface area is 339 Å². The first kappa shape index (κ1) is 33.8. The van der Waals surface area contributed by atoms with Crippen molar-refractivity contribution < 1.29 is 0 Å². The molecule has 0 amide bonds. The highest BCUT2D eigenvalue weighted by Crippen LogP contribution is 2.60. The van der Waals surface area contributed by atoms with E-state index in [1.54, 1.807) is 0 Å². The molecule has 0 aromatic heterocycles. The number of anilines is 3. The fraction of sp³-hybridized carbons (Fsp3) is 0.0175. The molecule has 272 valence electrons. The van der Waals surface area contributed by atoms with E-state index in [9.17, 15) is 0 Å². The summed E-state index contributed by atoms with van der Waals surface area (Å²) >= 11 is 0. The van der Waals surface area contributed by atoms with Crippen LogP contribution in [0.25, 0.3) is 54.9 Å². The fourth-order valence-corrected chi connectivity index (χ4v) is 9.73. The molecule has 0 heterocycles. The first-order valence-electron chi connectivity index (χ1n) is 20.1. The highest BCUT2D eigenvalue weighted by atomic mass is 15.2. The van der Waals surface area contributed by atoms with Crippen LogP contribution in [-0.4, -0.2) is 0 Å². The van der Waals surface area contributed by atoms with Gasteiger partial charge in [-0.2, -0.15) is 0 Å². The molecule has 0 unspecified atom stereocenters. The molecule has 0 atom stereocenters. The second-order valence-electron chi connectivity index (χ2n) is 15.2. The summed E-state index contributed by atoms with van der Waals surface area (Å²) in [7, 11) is 0. The third kappa shape index (κ3) is 5.17. The molecule has 1 heteroatoms.